The number of nitrogens with zero attached hydrogens (tertiary/aromatic N) is 1. The Morgan fingerprint density at radius 2 is 2.23 bits per heavy atom. The molecule has 2 heterocycles. The number of hydrogen-bond acceptors (Lipinski definition) is 3. The molecule has 0 atom stereocenters. The van der Waals surface area contributed by atoms with E-state index in [9.17, 15) is 8.78 Å². The Morgan fingerprint density at radius 3 is 2.77 bits per heavy atom. The lowest BCUT2D eigenvalue weighted by molar-refractivity contribution is -0.163. The van der Waals surface area contributed by atoms with Crippen molar-refractivity contribution in [1.82, 2.24) is 10.2 Å². The zero-order valence-electron chi connectivity index (χ0n) is 7.43. The average molecular weight is 192 g/mol. The van der Waals surface area contributed by atoms with Gasteiger partial charge in [-0.05, 0) is 0 Å². The smallest absolute Gasteiger partial charge is 0.251 e. The van der Waals surface area contributed by atoms with E-state index in [1.807, 2.05) is 0 Å². The Kier molecular flexibility index (Phi) is 2.49. The lowest BCUT2D eigenvalue weighted by atomic mass is 9.93. The summed E-state index contributed by atoms with van der Waals surface area (Å²) in [5.41, 5.74) is -0.160. The summed E-state index contributed by atoms with van der Waals surface area (Å²) in [7, 11) is 0. The lowest BCUT2D eigenvalue weighted by Crippen LogP contribution is -2.70. The predicted octanol–water partition coefficient (Wildman–Crippen LogP) is -0.0743. The Balaban J connectivity index is 1.75. The molecule has 0 aromatic rings. The molecule has 3 nitrogen and oxygen atoms in total. The summed E-state index contributed by atoms with van der Waals surface area (Å²) in [6.07, 6.45) is -2.23. The van der Waals surface area contributed by atoms with Crippen LogP contribution in [-0.4, -0.2) is 56.3 Å². The number of alkyl halides is 2. The molecule has 0 radical (unpaired) electrons. The molecule has 0 saturated carbocycles. The molecular weight excluding hydrogens is 178 g/mol. The maximum atomic E-state index is 12.0. The first-order valence-corrected chi connectivity index (χ1v) is 4.55. The first kappa shape index (κ1) is 9.30. The van der Waals surface area contributed by atoms with Gasteiger partial charge in [0.2, 0.25) is 0 Å². The molecular formula is C8H14F2N2O. The molecule has 0 amide bonds. The fourth-order valence-electron chi connectivity index (χ4n) is 2.00. The molecule has 0 unspecified atom stereocenters. The van der Waals surface area contributed by atoms with Gasteiger partial charge in [0.1, 0.15) is 5.60 Å². The van der Waals surface area contributed by atoms with Gasteiger partial charge in [-0.15, -0.1) is 0 Å². The summed E-state index contributed by atoms with van der Waals surface area (Å²) in [6, 6.07) is 0. The van der Waals surface area contributed by atoms with Gasteiger partial charge in [0.15, 0.2) is 0 Å². The number of likely N-dealkylation sites (tertiary alicyclic amines) is 1. The number of nitrogens with one attached hydrogen (secondary N) is 1. The monoisotopic (exact) mass is 192 g/mol. The van der Waals surface area contributed by atoms with Crippen molar-refractivity contribution < 1.29 is 13.5 Å². The molecule has 5 heteroatoms. The van der Waals surface area contributed by atoms with Crippen LogP contribution < -0.4 is 5.32 Å². The van der Waals surface area contributed by atoms with E-state index in [2.05, 4.69) is 5.32 Å². The van der Waals surface area contributed by atoms with Crippen LogP contribution in [0.25, 0.3) is 0 Å². The minimum Gasteiger partial charge on any atom is -0.370 e. The Labute approximate surface area is 76.0 Å². The third kappa shape index (κ3) is 1.98. The van der Waals surface area contributed by atoms with Gasteiger partial charge in [-0.1, -0.05) is 0 Å². The van der Waals surface area contributed by atoms with Crippen LogP contribution in [0, 0.1) is 0 Å². The first-order valence-electron chi connectivity index (χ1n) is 4.55. The number of ether oxygens (including phenoxy) is 1. The van der Waals surface area contributed by atoms with E-state index in [-0.39, 0.29) is 12.1 Å². The van der Waals surface area contributed by atoms with Gasteiger partial charge in [-0.25, -0.2) is 8.78 Å². The average Bonchev–Trinajstić information content (AvgIpc) is 2.02. The lowest BCUT2D eigenvalue weighted by Gasteiger charge is -2.51. The Bertz CT molecular complexity index is 175. The number of halogens is 2. The summed E-state index contributed by atoms with van der Waals surface area (Å²) >= 11 is 0. The van der Waals surface area contributed by atoms with Crippen molar-refractivity contribution in [2.75, 3.05) is 39.3 Å². The number of rotatable bonds is 2. The number of hydrogen-bond donors (Lipinski definition) is 1. The molecule has 1 N–H and O–H groups in total. The van der Waals surface area contributed by atoms with Gasteiger partial charge in [0, 0.05) is 26.2 Å². The molecule has 0 aliphatic carbocycles. The van der Waals surface area contributed by atoms with E-state index >= 15 is 0 Å². The van der Waals surface area contributed by atoms with E-state index in [4.69, 9.17) is 4.74 Å². The fraction of sp³-hybridized carbons (Fsp3) is 1.00. The largest absolute Gasteiger partial charge is 0.370 e. The molecule has 76 valence electrons. The van der Waals surface area contributed by atoms with E-state index in [0.717, 1.165) is 13.1 Å². The molecule has 2 fully saturated rings. The standard InChI is InChI=1S/C8H14F2N2O/c9-7(10)3-12-5-8(6-12)4-11-1-2-13-8/h7,11H,1-6H2. The molecule has 2 aliphatic rings. The molecule has 2 saturated heterocycles. The zero-order valence-corrected chi connectivity index (χ0v) is 7.43. The summed E-state index contributed by atoms with van der Waals surface area (Å²) in [6.45, 7) is 3.53. The summed E-state index contributed by atoms with van der Waals surface area (Å²) in [5.74, 6) is 0. The summed E-state index contributed by atoms with van der Waals surface area (Å²) in [4.78, 5) is 1.73. The van der Waals surface area contributed by atoms with E-state index in [1.54, 1.807) is 4.90 Å². The van der Waals surface area contributed by atoms with Crippen molar-refractivity contribution in [3.63, 3.8) is 0 Å². The van der Waals surface area contributed by atoms with Crippen molar-refractivity contribution in [2.24, 2.45) is 0 Å². The summed E-state index contributed by atoms with van der Waals surface area (Å²) < 4.78 is 29.5. The normalized spacial score (nSPS) is 27.9. The van der Waals surface area contributed by atoms with Gasteiger partial charge < -0.3 is 10.1 Å². The van der Waals surface area contributed by atoms with Crippen LogP contribution in [-0.2, 0) is 4.74 Å². The maximum Gasteiger partial charge on any atom is 0.251 e. The van der Waals surface area contributed by atoms with Crippen molar-refractivity contribution in [3.8, 4) is 0 Å². The Hall–Kier alpha value is -0.260. The molecule has 0 aromatic heterocycles. The number of morpholine rings is 1. The van der Waals surface area contributed by atoms with Crippen LogP contribution in [0.1, 0.15) is 0 Å². The van der Waals surface area contributed by atoms with Gasteiger partial charge >= 0.3 is 0 Å². The second-order valence-electron chi connectivity index (χ2n) is 3.77. The molecule has 0 bridgehead atoms. The molecule has 0 aromatic carbocycles. The van der Waals surface area contributed by atoms with Crippen LogP contribution >= 0.6 is 0 Å². The van der Waals surface area contributed by atoms with Crippen molar-refractivity contribution in [1.29, 1.82) is 0 Å². The quantitative estimate of drug-likeness (QED) is 0.662. The van der Waals surface area contributed by atoms with Crippen LogP contribution in [0.3, 0.4) is 0 Å². The Morgan fingerprint density at radius 1 is 1.46 bits per heavy atom. The third-order valence-corrected chi connectivity index (χ3v) is 2.55. The minimum atomic E-state index is -2.23. The van der Waals surface area contributed by atoms with Crippen molar-refractivity contribution in [3.05, 3.63) is 0 Å². The highest BCUT2D eigenvalue weighted by atomic mass is 19.3. The highest BCUT2D eigenvalue weighted by Crippen LogP contribution is 2.26. The van der Waals surface area contributed by atoms with Crippen LogP contribution in [0.5, 0.6) is 0 Å². The topological polar surface area (TPSA) is 24.5 Å². The van der Waals surface area contributed by atoms with Crippen molar-refractivity contribution in [2.45, 2.75) is 12.0 Å². The SMILES string of the molecule is FC(F)CN1CC2(CNCCO2)C1. The van der Waals surface area contributed by atoms with Gasteiger partial charge in [0.25, 0.3) is 6.43 Å². The van der Waals surface area contributed by atoms with Crippen LogP contribution in [0.4, 0.5) is 8.78 Å². The fourth-order valence-corrected chi connectivity index (χ4v) is 2.00. The summed E-state index contributed by atoms with van der Waals surface area (Å²) in [5, 5.41) is 3.21. The highest BCUT2D eigenvalue weighted by molar-refractivity contribution is 5.00. The van der Waals surface area contributed by atoms with E-state index < -0.39 is 6.43 Å². The maximum absolute atomic E-state index is 12.0. The van der Waals surface area contributed by atoms with Crippen LogP contribution in [0.2, 0.25) is 0 Å². The van der Waals surface area contributed by atoms with Gasteiger partial charge in [-0.3, -0.25) is 4.90 Å². The first-order chi connectivity index (χ1) is 6.20. The molecule has 1 spiro atoms. The second-order valence-corrected chi connectivity index (χ2v) is 3.77. The van der Waals surface area contributed by atoms with E-state index in [1.165, 1.54) is 0 Å². The predicted molar refractivity (Wildman–Crippen MR) is 44.0 cm³/mol. The van der Waals surface area contributed by atoms with Gasteiger partial charge in [0.05, 0.1) is 13.2 Å². The third-order valence-electron chi connectivity index (χ3n) is 2.55. The van der Waals surface area contributed by atoms with Crippen molar-refractivity contribution >= 4 is 0 Å². The highest BCUT2D eigenvalue weighted by Gasteiger charge is 2.45. The molecule has 13 heavy (non-hydrogen) atoms. The molecule has 2 aliphatic heterocycles. The second kappa shape index (κ2) is 3.48. The molecule has 2 rings (SSSR count). The zero-order chi connectivity index (χ0) is 9.31. The van der Waals surface area contributed by atoms with E-state index in [0.29, 0.717) is 19.7 Å². The van der Waals surface area contributed by atoms with Crippen LogP contribution in [0.15, 0.2) is 0 Å². The minimum absolute atomic E-state index is 0.120. The van der Waals surface area contributed by atoms with Gasteiger partial charge in [-0.2, -0.15) is 0 Å².